The summed E-state index contributed by atoms with van der Waals surface area (Å²) in [5, 5.41) is 2.93. The lowest BCUT2D eigenvalue weighted by atomic mass is 10.0. The summed E-state index contributed by atoms with van der Waals surface area (Å²) >= 11 is 0. The number of hydrogen-bond acceptors (Lipinski definition) is 7. The predicted octanol–water partition coefficient (Wildman–Crippen LogP) is 4.90. The van der Waals surface area contributed by atoms with Crippen molar-refractivity contribution in [3.8, 4) is 0 Å². The van der Waals surface area contributed by atoms with Crippen LogP contribution < -0.4 is 16.8 Å². The van der Waals surface area contributed by atoms with Crippen molar-refractivity contribution in [2.45, 2.75) is 96.8 Å². The number of aromatic nitrogens is 3. The number of nitrogens with two attached hydrogens (primary N) is 2. The minimum absolute atomic E-state index is 0.108. The Kier molecular flexibility index (Phi) is 14.3. The van der Waals surface area contributed by atoms with Gasteiger partial charge in [-0.05, 0) is 6.42 Å². The normalized spacial score (nSPS) is 11.0. The van der Waals surface area contributed by atoms with E-state index in [0.717, 1.165) is 13.0 Å². The van der Waals surface area contributed by atoms with Gasteiger partial charge < -0.3 is 21.5 Å². The number of nitrogens with zero attached hydrogens (tertiary/aromatic N) is 3. The first kappa shape index (κ1) is 23.4. The molecule has 1 heterocycles. The van der Waals surface area contributed by atoms with Crippen molar-refractivity contribution in [1.29, 1.82) is 0 Å². The molecule has 0 saturated carbocycles. The van der Waals surface area contributed by atoms with Gasteiger partial charge in [-0.1, -0.05) is 90.4 Å². The van der Waals surface area contributed by atoms with Crippen LogP contribution in [0.15, 0.2) is 0 Å². The summed E-state index contributed by atoms with van der Waals surface area (Å²) in [7, 11) is 0. The highest BCUT2D eigenvalue weighted by Crippen LogP contribution is 2.13. The zero-order valence-electron chi connectivity index (χ0n) is 17.2. The topological polar surface area (TPSA) is 112 Å². The maximum absolute atomic E-state index is 5.53. The molecule has 0 radical (unpaired) electrons. The summed E-state index contributed by atoms with van der Waals surface area (Å²) in [4.78, 5) is 11.6. The zero-order valence-corrected chi connectivity index (χ0v) is 17.2. The minimum atomic E-state index is 0.108. The van der Waals surface area contributed by atoms with Crippen molar-refractivity contribution in [2.24, 2.45) is 0 Å². The van der Waals surface area contributed by atoms with Gasteiger partial charge in [0.15, 0.2) is 0 Å². The summed E-state index contributed by atoms with van der Waals surface area (Å²) in [5.41, 5.74) is 11.0. The van der Waals surface area contributed by atoms with E-state index in [0.29, 0.717) is 12.7 Å². The van der Waals surface area contributed by atoms with E-state index in [1.807, 2.05) is 0 Å². The highest BCUT2D eigenvalue weighted by atomic mass is 16.5. The van der Waals surface area contributed by atoms with Gasteiger partial charge in [-0.15, -0.1) is 0 Å². The molecular weight excluding hydrogens is 340 g/mol. The second-order valence-electron chi connectivity index (χ2n) is 7.20. The Labute approximate surface area is 165 Å². The molecule has 0 unspecified atom stereocenters. The van der Waals surface area contributed by atoms with Crippen molar-refractivity contribution < 1.29 is 4.74 Å². The van der Waals surface area contributed by atoms with Crippen LogP contribution in [0, 0.1) is 0 Å². The molecule has 0 aliphatic carbocycles. The van der Waals surface area contributed by atoms with Crippen LogP contribution >= 0.6 is 0 Å². The molecule has 7 nitrogen and oxygen atoms in total. The Morgan fingerprint density at radius 3 is 1.59 bits per heavy atom. The van der Waals surface area contributed by atoms with Gasteiger partial charge in [0.05, 0.1) is 0 Å². The smallest absolute Gasteiger partial charge is 0.231 e. The lowest BCUT2D eigenvalue weighted by molar-refractivity contribution is 0.147. The molecule has 0 fully saturated rings. The molecule has 0 aliphatic heterocycles. The number of hydrogen-bond donors (Lipinski definition) is 3. The van der Waals surface area contributed by atoms with Crippen LogP contribution in [0.2, 0.25) is 0 Å². The molecule has 156 valence electrons. The lowest BCUT2D eigenvalue weighted by Gasteiger charge is -2.07. The van der Waals surface area contributed by atoms with E-state index >= 15 is 0 Å². The second kappa shape index (κ2) is 16.5. The van der Waals surface area contributed by atoms with Crippen molar-refractivity contribution in [3.63, 3.8) is 0 Å². The predicted molar refractivity (Wildman–Crippen MR) is 113 cm³/mol. The zero-order chi connectivity index (χ0) is 19.6. The molecule has 0 amide bonds. The van der Waals surface area contributed by atoms with Gasteiger partial charge in [0.2, 0.25) is 17.8 Å². The molecule has 27 heavy (non-hydrogen) atoms. The standard InChI is InChI=1S/C20H40N6O/c1-2-3-4-5-6-7-8-9-10-11-12-13-14-15-16-27-17-23-20-25-18(21)24-19(22)26-20/h2-17H2,1H3,(H5,21,22,23,24,25,26). The second-order valence-corrected chi connectivity index (χ2v) is 7.20. The average Bonchev–Trinajstić information content (AvgIpc) is 2.63. The van der Waals surface area contributed by atoms with E-state index < -0.39 is 0 Å². The first-order valence-corrected chi connectivity index (χ1v) is 10.8. The monoisotopic (exact) mass is 380 g/mol. The van der Waals surface area contributed by atoms with E-state index in [-0.39, 0.29) is 11.9 Å². The van der Waals surface area contributed by atoms with Gasteiger partial charge >= 0.3 is 0 Å². The number of anilines is 3. The van der Waals surface area contributed by atoms with E-state index in [9.17, 15) is 0 Å². The van der Waals surface area contributed by atoms with Gasteiger partial charge in [-0.3, -0.25) is 0 Å². The highest BCUT2D eigenvalue weighted by Gasteiger charge is 2.00. The molecule has 1 aromatic rings. The van der Waals surface area contributed by atoms with Crippen LogP contribution in [0.25, 0.3) is 0 Å². The molecule has 7 heteroatoms. The highest BCUT2D eigenvalue weighted by molar-refractivity contribution is 5.36. The number of nitrogen functional groups attached to an aromatic ring is 2. The lowest BCUT2D eigenvalue weighted by Crippen LogP contribution is -2.12. The summed E-state index contributed by atoms with van der Waals surface area (Å²) in [5.74, 6) is 0.565. The van der Waals surface area contributed by atoms with E-state index in [1.54, 1.807) is 0 Å². The first-order chi connectivity index (χ1) is 13.2. The van der Waals surface area contributed by atoms with Gasteiger partial charge in [-0.25, -0.2) is 0 Å². The summed E-state index contributed by atoms with van der Waals surface area (Å²) in [6, 6.07) is 0. The largest absolute Gasteiger partial charge is 0.368 e. The average molecular weight is 381 g/mol. The van der Waals surface area contributed by atoms with Crippen LogP contribution in [0.3, 0.4) is 0 Å². The van der Waals surface area contributed by atoms with Crippen LogP contribution in [0.1, 0.15) is 96.8 Å². The molecule has 5 N–H and O–H groups in total. The molecule has 0 saturated heterocycles. The Hall–Kier alpha value is -1.63. The third-order valence-electron chi connectivity index (χ3n) is 4.64. The summed E-state index contributed by atoms with van der Waals surface area (Å²) in [6.45, 7) is 3.36. The van der Waals surface area contributed by atoms with Gasteiger partial charge in [0, 0.05) is 6.61 Å². The molecule has 0 aliphatic rings. The van der Waals surface area contributed by atoms with Crippen LogP contribution in [0.4, 0.5) is 17.8 Å². The fourth-order valence-corrected chi connectivity index (χ4v) is 3.07. The fraction of sp³-hybridized carbons (Fsp3) is 0.850. The fourth-order valence-electron chi connectivity index (χ4n) is 3.07. The third kappa shape index (κ3) is 14.1. The molecule has 1 rings (SSSR count). The quantitative estimate of drug-likeness (QED) is 0.245. The van der Waals surface area contributed by atoms with Gasteiger partial charge in [-0.2, -0.15) is 15.0 Å². The van der Waals surface area contributed by atoms with E-state index in [1.165, 1.54) is 83.5 Å². The molecule has 0 spiro atoms. The van der Waals surface area contributed by atoms with Crippen molar-refractivity contribution in [3.05, 3.63) is 0 Å². The van der Waals surface area contributed by atoms with E-state index in [4.69, 9.17) is 16.2 Å². The van der Waals surface area contributed by atoms with Crippen LogP contribution in [0.5, 0.6) is 0 Å². The summed E-state index contributed by atoms with van der Waals surface area (Å²) in [6.07, 6.45) is 19.0. The minimum Gasteiger partial charge on any atom is -0.368 e. The number of unbranched alkanes of at least 4 members (excludes halogenated alkanes) is 13. The first-order valence-electron chi connectivity index (χ1n) is 10.8. The Morgan fingerprint density at radius 1 is 0.667 bits per heavy atom. The van der Waals surface area contributed by atoms with Crippen molar-refractivity contribution in [2.75, 3.05) is 30.1 Å². The van der Waals surface area contributed by atoms with Crippen molar-refractivity contribution >= 4 is 17.8 Å². The molecule has 0 bridgehead atoms. The Morgan fingerprint density at radius 2 is 1.11 bits per heavy atom. The number of nitrogens with one attached hydrogen (secondary N) is 1. The molecule has 1 aromatic heterocycles. The van der Waals surface area contributed by atoms with Gasteiger partial charge in [0.1, 0.15) is 6.73 Å². The van der Waals surface area contributed by atoms with Crippen LogP contribution in [-0.4, -0.2) is 28.3 Å². The molecule has 0 atom stereocenters. The maximum atomic E-state index is 5.53. The maximum Gasteiger partial charge on any atom is 0.231 e. The Bertz CT molecular complexity index is 452. The third-order valence-corrected chi connectivity index (χ3v) is 4.64. The SMILES string of the molecule is CCCCCCCCCCCCCCCCOCNc1nc(N)nc(N)n1. The van der Waals surface area contributed by atoms with Gasteiger partial charge in [0.25, 0.3) is 0 Å². The summed E-state index contributed by atoms with van der Waals surface area (Å²) < 4.78 is 5.53. The van der Waals surface area contributed by atoms with E-state index in [2.05, 4.69) is 27.2 Å². The number of ether oxygens (including phenoxy) is 1. The molecule has 0 aromatic carbocycles. The Balaban J connectivity index is 1.78. The van der Waals surface area contributed by atoms with Crippen LogP contribution in [-0.2, 0) is 4.74 Å². The number of rotatable bonds is 18. The van der Waals surface area contributed by atoms with Crippen molar-refractivity contribution in [1.82, 2.24) is 15.0 Å². The molecular formula is C20H40N6O.